The molecule has 5 nitrogen and oxygen atoms in total. The van der Waals surface area contributed by atoms with Crippen LogP contribution in [0.15, 0.2) is 140 Å². The molecule has 6 aromatic carbocycles. The van der Waals surface area contributed by atoms with Crippen molar-refractivity contribution in [3.8, 4) is 22.7 Å². The van der Waals surface area contributed by atoms with E-state index in [2.05, 4.69) is 216 Å². The molecule has 3 heterocycles. The molecule has 6 heteroatoms. The summed E-state index contributed by atoms with van der Waals surface area (Å²) in [7, 11) is 0. The molecule has 0 bridgehead atoms. The second-order valence-corrected chi connectivity index (χ2v) is 19.1. The van der Waals surface area contributed by atoms with Crippen LogP contribution in [0.2, 0.25) is 0 Å². The molecule has 8 aromatic rings. The smallest absolute Gasteiger partial charge is 0.135 e. The number of nitrogens with zero attached hydrogens (tertiary/aromatic N) is 4. The van der Waals surface area contributed by atoms with Crippen LogP contribution in [0.4, 0.5) is 17.1 Å². The molecule has 0 atom stereocenters. The minimum atomic E-state index is -0.00463. The van der Waals surface area contributed by atoms with E-state index >= 15 is 0 Å². The fraction of sp³-hybridized carbons (Fsp3) is 0.263. The van der Waals surface area contributed by atoms with Crippen molar-refractivity contribution in [1.82, 2.24) is 9.55 Å². The molecule has 0 saturated carbocycles. The Bertz CT molecular complexity index is 2880. The first-order valence-corrected chi connectivity index (χ1v) is 22.1. The number of rotatable bonds is 11. The van der Waals surface area contributed by atoms with Gasteiger partial charge in [0.1, 0.15) is 5.82 Å². The van der Waals surface area contributed by atoms with Crippen LogP contribution in [0.5, 0.6) is 5.75 Å². The van der Waals surface area contributed by atoms with Gasteiger partial charge in [-0.2, -0.15) is 37.0 Å². The number of aromatic nitrogens is 2. The Morgan fingerprint density at radius 3 is 2.22 bits per heavy atom. The molecular formula is C57H57N4OPt-3. The molecule has 1 aliphatic heterocycles. The maximum Gasteiger partial charge on any atom is 0.135 e. The number of anilines is 3. The molecule has 2 aromatic heterocycles. The van der Waals surface area contributed by atoms with E-state index in [-0.39, 0.29) is 31.9 Å². The first-order valence-electron chi connectivity index (χ1n) is 22.1. The normalized spacial score (nSPS) is 12.9. The molecule has 0 saturated heterocycles. The van der Waals surface area contributed by atoms with Gasteiger partial charge in [0, 0.05) is 49.9 Å². The molecule has 0 spiro atoms. The number of hydrogen-bond acceptors (Lipinski definition) is 4. The number of hydrogen-bond donors (Lipinski definition) is 0. The second-order valence-electron chi connectivity index (χ2n) is 19.1. The van der Waals surface area contributed by atoms with Gasteiger partial charge >= 0.3 is 0 Å². The van der Waals surface area contributed by atoms with E-state index in [9.17, 15) is 0 Å². The van der Waals surface area contributed by atoms with E-state index in [0.29, 0.717) is 18.3 Å². The monoisotopic (exact) mass is 1010 g/mol. The van der Waals surface area contributed by atoms with Crippen LogP contribution in [0.25, 0.3) is 38.8 Å². The van der Waals surface area contributed by atoms with Crippen molar-refractivity contribution in [3.63, 3.8) is 0 Å². The first-order chi connectivity index (χ1) is 29.8. The standard InChI is InChI=1S/C57H57N4O.Pt/c1-39(2)46-22-15-23-47(41-18-10-9-11-19-41)48(46)24-16-32-59-38-60(52-29-26-42(34-54(52)59)56(3,4)5)44-20-14-17-40(33-44)37-62-45-27-28-50-49-21-12-13-25-51(49)61(53(50)36-45)55-35-43(30-31-58-55)57(6,7)8;/h9-15,17-23,25-31,34-35,38-39H,16,24,32,37H2,1-8H3;/q-3;. The number of pyridine rings is 1. The van der Waals surface area contributed by atoms with Crippen LogP contribution in [-0.2, 0) is 44.9 Å². The summed E-state index contributed by atoms with van der Waals surface area (Å²) in [6.45, 7) is 21.7. The van der Waals surface area contributed by atoms with Crippen molar-refractivity contribution < 1.29 is 25.8 Å². The Morgan fingerprint density at radius 1 is 0.698 bits per heavy atom. The van der Waals surface area contributed by atoms with Gasteiger partial charge in [-0.1, -0.05) is 134 Å². The fourth-order valence-electron chi connectivity index (χ4n) is 8.88. The summed E-state index contributed by atoms with van der Waals surface area (Å²) in [6, 6.07) is 55.3. The molecular weight excluding hydrogens is 952 g/mol. The van der Waals surface area contributed by atoms with Crippen molar-refractivity contribution in [1.29, 1.82) is 0 Å². The van der Waals surface area contributed by atoms with Crippen molar-refractivity contribution in [2.45, 2.75) is 91.6 Å². The first kappa shape index (κ1) is 44.0. The third kappa shape index (κ3) is 8.96. The maximum absolute atomic E-state index is 6.53. The fourth-order valence-corrected chi connectivity index (χ4v) is 8.88. The number of fused-ring (bicyclic) bond motifs is 4. The molecule has 63 heavy (non-hydrogen) atoms. The molecule has 0 unspecified atom stereocenters. The van der Waals surface area contributed by atoms with Gasteiger partial charge in [-0.05, 0) is 105 Å². The van der Waals surface area contributed by atoms with Crippen LogP contribution in [-0.4, -0.2) is 16.1 Å². The SMILES string of the molecule is CC(C)c1cccc(-c2ccccc2)c1CCCN1[CH-]N(c2[c-]c(COc3[c-]c4c(cc3)c3ccccc3n4-c3cc(C(C)(C)C)ccn3)ccc2)c2ccc(C(C)(C)C)cc21.[Pt]. The predicted octanol–water partition coefficient (Wildman–Crippen LogP) is 14.5. The maximum atomic E-state index is 6.53. The molecule has 0 amide bonds. The van der Waals surface area contributed by atoms with Crippen molar-refractivity contribution in [2.75, 3.05) is 16.3 Å². The second kappa shape index (κ2) is 17.9. The van der Waals surface area contributed by atoms with Gasteiger partial charge in [-0.3, -0.25) is 0 Å². The summed E-state index contributed by atoms with van der Waals surface area (Å²) in [5.74, 6) is 2.01. The number of para-hydroxylation sites is 1. The summed E-state index contributed by atoms with van der Waals surface area (Å²) in [6.07, 6.45) is 3.93. The van der Waals surface area contributed by atoms with Crippen LogP contribution in [0.3, 0.4) is 0 Å². The van der Waals surface area contributed by atoms with E-state index in [4.69, 9.17) is 9.72 Å². The van der Waals surface area contributed by atoms with E-state index < -0.39 is 0 Å². The number of ether oxygens (including phenoxy) is 1. The minimum Gasteiger partial charge on any atom is -0.517 e. The molecule has 1 aliphatic rings. The van der Waals surface area contributed by atoms with Gasteiger partial charge in [0.2, 0.25) is 0 Å². The summed E-state index contributed by atoms with van der Waals surface area (Å²) >= 11 is 0. The van der Waals surface area contributed by atoms with Crippen LogP contribution in [0.1, 0.15) is 95.5 Å². The predicted molar refractivity (Wildman–Crippen MR) is 259 cm³/mol. The van der Waals surface area contributed by atoms with E-state index in [1.807, 2.05) is 12.3 Å². The minimum absolute atomic E-state index is 0. The van der Waals surface area contributed by atoms with Gasteiger partial charge in [-0.25, -0.2) is 4.98 Å². The summed E-state index contributed by atoms with van der Waals surface area (Å²) in [5.41, 5.74) is 14.5. The molecule has 9 rings (SSSR count). The third-order valence-corrected chi connectivity index (χ3v) is 12.3. The Morgan fingerprint density at radius 2 is 1.44 bits per heavy atom. The summed E-state index contributed by atoms with van der Waals surface area (Å²) < 4.78 is 8.74. The molecule has 0 N–H and O–H groups in total. The van der Waals surface area contributed by atoms with Gasteiger partial charge in [0.05, 0.1) is 6.61 Å². The van der Waals surface area contributed by atoms with Crippen LogP contribution in [0, 0.1) is 18.8 Å². The van der Waals surface area contributed by atoms with E-state index in [1.165, 1.54) is 39.1 Å². The zero-order valence-electron chi connectivity index (χ0n) is 37.8. The zero-order chi connectivity index (χ0) is 43.2. The van der Waals surface area contributed by atoms with Crippen molar-refractivity contribution in [3.05, 3.63) is 186 Å². The Kier molecular flexibility index (Phi) is 12.5. The zero-order valence-corrected chi connectivity index (χ0v) is 40.0. The van der Waals surface area contributed by atoms with E-state index in [1.54, 1.807) is 0 Å². The number of benzene rings is 6. The van der Waals surface area contributed by atoms with Crippen molar-refractivity contribution >= 4 is 38.9 Å². The van der Waals surface area contributed by atoms with Crippen LogP contribution >= 0.6 is 0 Å². The summed E-state index contributed by atoms with van der Waals surface area (Å²) in [4.78, 5) is 9.58. The van der Waals surface area contributed by atoms with Gasteiger partial charge < -0.3 is 19.1 Å². The Hall–Kier alpha value is -5.64. The average Bonchev–Trinajstić information content (AvgIpc) is 3.80. The quantitative estimate of drug-likeness (QED) is 0.121. The molecule has 324 valence electrons. The Balaban J connectivity index is 0.00000544. The summed E-state index contributed by atoms with van der Waals surface area (Å²) in [5, 5.41) is 2.28. The Labute approximate surface area is 389 Å². The van der Waals surface area contributed by atoms with Gasteiger partial charge in [0.15, 0.2) is 0 Å². The average molecular weight is 1010 g/mol. The molecule has 0 fully saturated rings. The largest absolute Gasteiger partial charge is 0.517 e. The third-order valence-electron chi connectivity index (χ3n) is 12.3. The van der Waals surface area contributed by atoms with Gasteiger partial charge in [0.25, 0.3) is 0 Å². The molecule has 0 radical (unpaired) electrons. The van der Waals surface area contributed by atoms with Crippen molar-refractivity contribution in [2.24, 2.45) is 0 Å². The van der Waals surface area contributed by atoms with Gasteiger partial charge in [-0.15, -0.1) is 28.8 Å². The topological polar surface area (TPSA) is 33.5 Å². The molecule has 0 aliphatic carbocycles. The van der Waals surface area contributed by atoms with Crippen LogP contribution < -0.4 is 14.5 Å². The van der Waals surface area contributed by atoms with E-state index in [0.717, 1.165) is 63.9 Å².